The molecule has 47 heavy (non-hydrogen) atoms. The van der Waals surface area contributed by atoms with Crippen LogP contribution in [-0.4, -0.2) is 39.7 Å². The number of hydrogen-bond donors (Lipinski definition) is 0. The van der Waals surface area contributed by atoms with Gasteiger partial charge in [0.05, 0.1) is 0 Å². The number of alkyl halides is 7. The number of fused-ring (bicyclic) bond motifs is 2. The minimum absolute atomic E-state index is 0.0567. The van der Waals surface area contributed by atoms with Crippen LogP contribution in [0.3, 0.4) is 0 Å². The summed E-state index contributed by atoms with van der Waals surface area (Å²) >= 11 is -1.22. The Morgan fingerprint density at radius 1 is 0.894 bits per heavy atom. The molecule has 2 bridgehead atoms. The van der Waals surface area contributed by atoms with Crippen molar-refractivity contribution in [3.05, 3.63) is 105 Å². The molecular formula is C36H39F6INO3-. The van der Waals surface area contributed by atoms with Crippen molar-refractivity contribution in [2.45, 2.75) is 88.6 Å². The van der Waals surface area contributed by atoms with Crippen molar-refractivity contribution in [2.75, 3.05) is 11.0 Å². The zero-order chi connectivity index (χ0) is 34.2. The van der Waals surface area contributed by atoms with E-state index >= 15 is 0 Å². The average Bonchev–Trinajstić information content (AvgIpc) is 3.26. The first-order chi connectivity index (χ1) is 22.0. The average molecular weight is 775 g/mol. The second-order valence-corrected chi connectivity index (χ2v) is 16.3. The minimum atomic E-state index is -4.89. The number of hydrogen-bond acceptors (Lipinski definition) is 4. The summed E-state index contributed by atoms with van der Waals surface area (Å²) in [6.07, 6.45) is -8.40. The van der Waals surface area contributed by atoms with Crippen LogP contribution in [0.1, 0.15) is 75.3 Å². The van der Waals surface area contributed by atoms with E-state index in [4.69, 9.17) is 9.47 Å². The van der Waals surface area contributed by atoms with Crippen molar-refractivity contribution in [1.82, 2.24) is 4.90 Å². The molecule has 2 heterocycles. The van der Waals surface area contributed by atoms with Gasteiger partial charge in [-0.25, -0.2) is 0 Å². The normalized spacial score (nSPS) is 24.3. The van der Waals surface area contributed by atoms with E-state index < -0.39 is 61.7 Å². The van der Waals surface area contributed by atoms with E-state index in [1.165, 1.54) is 0 Å². The van der Waals surface area contributed by atoms with Crippen LogP contribution < -0.4 is 21.2 Å². The van der Waals surface area contributed by atoms with Crippen LogP contribution in [0.5, 0.6) is 0 Å². The Morgan fingerprint density at radius 3 is 2.02 bits per heavy atom. The maximum absolute atomic E-state index is 13.8. The summed E-state index contributed by atoms with van der Waals surface area (Å²) in [7, 11) is 0. The molecule has 0 N–H and O–H groups in total. The molecule has 1 unspecified atom stereocenters. The van der Waals surface area contributed by atoms with E-state index in [2.05, 4.69) is 24.0 Å². The molecule has 0 aliphatic carbocycles. The van der Waals surface area contributed by atoms with Gasteiger partial charge in [0.25, 0.3) is 0 Å². The number of nitrogens with zero attached hydrogens (tertiary/aromatic N) is 1. The molecule has 0 saturated carbocycles. The first kappa shape index (κ1) is 35.7. The number of carbonyl (C=O) groups is 1. The van der Waals surface area contributed by atoms with Crippen LogP contribution in [0.15, 0.2) is 78.9 Å². The van der Waals surface area contributed by atoms with Crippen LogP contribution >= 0.6 is 0 Å². The van der Waals surface area contributed by atoms with Gasteiger partial charge in [0.2, 0.25) is 0 Å². The van der Waals surface area contributed by atoms with Crippen LogP contribution in [0, 0.1) is 9.49 Å². The third-order valence-corrected chi connectivity index (χ3v) is 11.4. The Kier molecular flexibility index (Phi) is 10.4. The molecule has 0 radical (unpaired) electrons. The molecule has 0 amide bonds. The summed E-state index contributed by atoms with van der Waals surface area (Å²) in [5.74, 6) is -0.686. The molecule has 2 aliphatic rings. The first-order valence-corrected chi connectivity index (χ1v) is 18.2. The molecule has 2 aliphatic heterocycles. The van der Waals surface area contributed by atoms with E-state index in [1.807, 2.05) is 69.3 Å². The molecule has 11 heteroatoms. The molecule has 4 nitrogen and oxygen atoms in total. The Bertz CT molecular complexity index is 1490. The molecule has 5 rings (SSSR count). The zero-order valence-corrected chi connectivity index (χ0v) is 28.8. The second kappa shape index (κ2) is 13.7. The van der Waals surface area contributed by atoms with Gasteiger partial charge in [-0.3, -0.25) is 0 Å². The van der Waals surface area contributed by atoms with E-state index in [0.717, 1.165) is 23.3 Å². The van der Waals surface area contributed by atoms with Gasteiger partial charge in [-0.15, -0.1) is 0 Å². The molecule has 2 fully saturated rings. The SMILES string of the molecule is CC(c1ccccc1)N1[C@@H]2CC[C@H](OCC[I-]c3cc(C(F)(F)F)cc(C(F)(F)F)c3)[C@@]1(c1ccccc1)C[C@@H]2C(=O)OC(C)(C)C. The van der Waals surface area contributed by atoms with Crippen LogP contribution in [-0.2, 0) is 32.2 Å². The summed E-state index contributed by atoms with van der Waals surface area (Å²) in [6, 6.07) is 21.5. The number of halogens is 7. The van der Waals surface area contributed by atoms with Crippen molar-refractivity contribution < 1.29 is 61.8 Å². The van der Waals surface area contributed by atoms with Crippen molar-refractivity contribution >= 4 is 5.97 Å². The zero-order valence-electron chi connectivity index (χ0n) is 26.7. The summed E-state index contributed by atoms with van der Waals surface area (Å²) in [6.45, 7) is 7.83. The number of benzene rings is 3. The molecule has 3 aromatic rings. The first-order valence-electron chi connectivity index (χ1n) is 15.6. The number of rotatable bonds is 9. The fourth-order valence-corrected chi connectivity index (χ4v) is 9.35. The molecule has 3 aromatic carbocycles. The molecule has 2 saturated heterocycles. The Morgan fingerprint density at radius 2 is 1.47 bits per heavy atom. The molecule has 0 aromatic heterocycles. The fourth-order valence-electron chi connectivity index (χ4n) is 7.14. The van der Waals surface area contributed by atoms with Gasteiger partial charge in [-0.1, -0.05) is 0 Å². The Balaban J connectivity index is 1.46. The van der Waals surface area contributed by atoms with Crippen LogP contribution in [0.25, 0.3) is 0 Å². The van der Waals surface area contributed by atoms with Gasteiger partial charge in [-0.05, 0) is 0 Å². The van der Waals surface area contributed by atoms with Crippen LogP contribution in [0.2, 0.25) is 0 Å². The van der Waals surface area contributed by atoms with Gasteiger partial charge in [-0.2, -0.15) is 0 Å². The summed E-state index contributed by atoms with van der Waals surface area (Å²) in [5, 5.41) is 0. The van der Waals surface area contributed by atoms with Crippen molar-refractivity contribution in [1.29, 1.82) is 0 Å². The predicted octanol–water partition coefficient (Wildman–Crippen LogP) is 5.85. The van der Waals surface area contributed by atoms with E-state index in [1.54, 1.807) is 0 Å². The fraction of sp³-hybridized carbons (Fsp3) is 0.472. The summed E-state index contributed by atoms with van der Waals surface area (Å²) in [4.78, 5) is 16.2. The van der Waals surface area contributed by atoms with Gasteiger partial charge < -0.3 is 0 Å². The monoisotopic (exact) mass is 774 g/mol. The van der Waals surface area contributed by atoms with Crippen molar-refractivity contribution in [3.8, 4) is 0 Å². The standard InChI is InChI=1S/C36H39F6INO3/c1-23(24-11-7-5-8-12-24)44-30-15-16-31(34(44,25-13-9-6-10-14-25)22-29(30)32(45)47-33(2,3)4)46-18-17-43-28-20-26(35(37,38)39)19-27(21-28)36(40,41)42/h5-14,19-21,23,29-31H,15-18,22H2,1-4H3/q-1/t23?,29-,30+,31-,34-/m0/s1. The molecule has 256 valence electrons. The molecular weight excluding hydrogens is 735 g/mol. The van der Waals surface area contributed by atoms with E-state index in [0.29, 0.717) is 23.7 Å². The number of ether oxygens (including phenoxy) is 2. The second-order valence-electron chi connectivity index (χ2n) is 13.2. The van der Waals surface area contributed by atoms with Gasteiger partial charge in [0, 0.05) is 0 Å². The van der Waals surface area contributed by atoms with Crippen molar-refractivity contribution in [2.24, 2.45) is 5.92 Å². The van der Waals surface area contributed by atoms with Crippen LogP contribution in [0.4, 0.5) is 26.3 Å². The summed E-state index contributed by atoms with van der Waals surface area (Å²) < 4.78 is 93.6. The summed E-state index contributed by atoms with van der Waals surface area (Å²) in [5.41, 5.74) is -1.91. The van der Waals surface area contributed by atoms with Gasteiger partial charge in [0.1, 0.15) is 0 Å². The quantitative estimate of drug-likeness (QED) is 0.0901. The molecule has 0 spiro atoms. The number of esters is 1. The predicted molar refractivity (Wildman–Crippen MR) is 162 cm³/mol. The molecule has 5 atom stereocenters. The Labute approximate surface area is 282 Å². The number of carbonyl (C=O) groups excluding carboxylic acids is 1. The van der Waals surface area contributed by atoms with E-state index in [-0.39, 0.29) is 40.4 Å². The Hall–Kier alpha value is -2.64. The topological polar surface area (TPSA) is 38.8 Å². The van der Waals surface area contributed by atoms with Crippen molar-refractivity contribution in [3.63, 3.8) is 0 Å². The third kappa shape index (κ3) is 7.83. The van der Waals surface area contributed by atoms with Gasteiger partial charge >= 0.3 is 283 Å². The third-order valence-electron chi connectivity index (χ3n) is 8.95. The number of piperidine rings is 1. The van der Waals surface area contributed by atoms with Gasteiger partial charge in [0.15, 0.2) is 0 Å². The van der Waals surface area contributed by atoms with E-state index in [9.17, 15) is 31.1 Å². The maximum atomic E-state index is 13.8.